The fourth-order valence-electron chi connectivity index (χ4n) is 2.31. The van der Waals surface area contributed by atoms with Crippen LogP contribution >= 0.6 is 0 Å². The summed E-state index contributed by atoms with van der Waals surface area (Å²) in [4.78, 5) is 12.4. The number of aryl methyl sites for hydroxylation is 2. The van der Waals surface area contributed by atoms with Crippen LogP contribution < -0.4 is 5.32 Å². The number of amides is 1. The number of benzene rings is 1. The molecule has 22 heavy (non-hydrogen) atoms. The van der Waals surface area contributed by atoms with Gasteiger partial charge in [0.1, 0.15) is 5.69 Å². The summed E-state index contributed by atoms with van der Waals surface area (Å²) in [6.45, 7) is 4.62. The molecular weight excluding hydrogens is 278 g/mol. The highest BCUT2D eigenvalue weighted by Gasteiger charge is 2.16. The summed E-state index contributed by atoms with van der Waals surface area (Å²) >= 11 is 0. The number of nitrogens with one attached hydrogen (secondary N) is 1. The van der Waals surface area contributed by atoms with Gasteiger partial charge in [-0.25, -0.2) is 0 Å². The smallest absolute Gasteiger partial charge is 0.276 e. The molecule has 0 bridgehead atoms. The van der Waals surface area contributed by atoms with E-state index in [0.29, 0.717) is 18.0 Å². The van der Waals surface area contributed by atoms with Crippen LogP contribution in [0, 0.1) is 6.92 Å². The van der Waals surface area contributed by atoms with Gasteiger partial charge < -0.3 is 9.73 Å². The van der Waals surface area contributed by atoms with Crippen molar-refractivity contribution in [2.24, 2.45) is 0 Å². The average Bonchev–Trinajstić information content (AvgIpc) is 3.16. The first-order valence-corrected chi connectivity index (χ1v) is 7.17. The van der Waals surface area contributed by atoms with Crippen molar-refractivity contribution in [1.82, 2.24) is 9.78 Å². The van der Waals surface area contributed by atoms with Crippen molar-refractivity contribution in [2.75, 3.05) is 5.32 Å². The molecule has 1 N–H and O–H groups in total. The zero-order valence-electron chi connectivity index (χ0n) is 12.5. The number of carbonyl (C=O) groups excluding carboxylic acids is 1. The minimum atomic E-state index is -0.231. The van der Waals surface area contributed by atoms with E-state index in [0.717, 1.165) is 16.9 Å². The number of aromatic nitrogens is 2. The van der Waals surface area contributed by atoms with Gasteiger partial charge in [0.25, 0.3) is 5.91 Å². The topological polar surface area (TPSA) is 60.1 Å². The van der Waals surface area contributed by atoms with Crippen molar-refractivity contribution < 1.29 is 9.21 Å². The fourth-order valence-corrected chi connectivity index (χ4v) is 2.31. The van der Waals surface area contributed by atoms with Crippen LogP contribution in [0.3, 0.4) is 0 Å². The second kappa shape index (κ2) is 5.89. The normalized spacial score (nSPS) is 10.6. The van der Waals surface area contributed by atoms with E-state index in [1.807, 2.05) is 50.2 Å². The largest absolute Gasteiger partial charge is 0.463 e. The third-order valence-corrected chi connectivity index (χ3v) is 3.36. The summed E-state index contributed by atoms with van der Waals surface area (Å²) in [5.74, 6) is 0.467. The molecule has 0 fully saturated rings. The predicted molar refractivity (Wildman–Crippen MR) is 84.7 cm³/mol. The summed E-state index contributed by atoms with van der Waals surface area (Å²) < 4.78 is 7.15. The molecule has 2 aromatic heterocycles. The Hall–Kier alpha value is -2.82. The Bertz CT molecular complexity index is 788. The Balaban J connectivity index is 1.87. The Morgan fingerprint density at radius 3 is 2.82 bits per heavy atom. The standard InChI is InChI=1S/C17H17N3O2/c1-3-20-15(16-8-5-9-22-16)11-14(19-20)17(21)18-13-7-4-6-12(2)10-13/h4-11H,3H2,1-2H3,(H,18,21). The highest BCUT2D eigenvalue weighted by Crippen LogP contribution is 2.21. The molecule has 1 amide bonds. The molecule has 1 aromatic carbocycles. The quantitative estimate of drug-likeness (QED) is 0.798. The van der Waals surface area contributed by atoms with Crippen LogP contribution in [-0.4, -0.2) is 15.7 Å². The maximum atomic E-state index is 12.4. The second-order valence-electron chi connectivity index (χ2n) is 5.03. The van der Waals surface area contributed by atoms with Gasteiger partial charge >= 0.3 is 0 Å². The minimum absolute atomic E-state index is 0.231. The van der Waals surface area contributed by atoms with Crippen molar-refractivity contribution in [3.05, 3.63) is 60.0 Å². The number of rotatable bonds is 4. The molecule has 5 nitrogen and oxygen atoms in total. The first-order valence-electron chi connectivity index (χ1n) is 7.17. The number of carbonyl (C=O) groups is 1. The fraction of sp³-hybridized carbons (Fsp3) is 0.176. The van der Waals surface area contributed by atoms with Gasteiger partial charge in [-0.05, 0) is 43.7 Å². The van der Waals surface area contributed by atoms with Crippen LogP contribution in [0.25, 0.3) is 11.5 Å². The van der Waals surface area contributed by atoms with Gasteiger partial charge in [-0.2, -0.15) is 5.10 Å². The van der Waals surface area contributed by atoms with Gasteiger partial charge in [-0.1, -0.05) is 12.1 Å². The monoisotopic (exact) mass is 295 g/mol. The molecule has 0 atom stereocenters. The summed E-state index contributed by atoms with van der Waals surface area (Å²) in [6, 6.07) is 13.1. The maximum Gasteiger partial charge on any atom is 0.276 e. The predicted octanol–water partition coefficient (Wildman–Crippen LogP) is 3.72. The third kappa shape index (κ3) is 2.79. The van der Waals surface area contributed by atoms with Crippen LogP contribution in [0.1, 0.15) is 23.0 Å². The SMILES string of the molecule is CCn1nc(C(=O)Nc2cccc(C)c2)cc1-c1ccco1. The van der Waals surface area contributed by atoms with Crippen molar-refractivity contribution in [3.63, 3.8) is 0 Å². The highest BCUT2D eigenvalue weighted by atomic mass is 16.3. The highest BCUT2D eigenvalue weighted by molar-refractivity contribution is 6.03. The molecule has 0 aliphatic heterocycles. The molecule has 3 rings (SSSR count). The Morgan fingerprint density at radius 1 is 1.27 bits per heavy atom. The Kier molecular flexibility index (Phi) is 3.78. The maximum absolute atomic E-state index is 12.4. The van der Waals surface area contributed by atoms with Crippen LogP contribution in [0.5, 0.6) is 0 Å². The van der Waals surface area contributed by atoms with Gasteiger partial charge in [-0.15, -0.1) is 0 Å². The van der Waals surface area contributed by atoms with Crippen LogP contribution in [0.2, 0.25) is 0 Å². The van der Waals surface area contributed by atoms with E-state index in [1.165, 1.54) is 0 Å². The molecule has 2 heterocycles. The molecule has 0 aliphatic carbocycles. The molecule has 0 radical (unpaired) electrons. The lowest BCUT2D eigenvalue weighted by molar-refractivity contribution is 0.102. The number of hydrogen-bond acceptors (Lipinski definition) is 3. The van der Waals surface area contributed by atoms with Crippen LogP contribution in [0.15, 0.2) is 53.1 Å². The Labute approximate surface area is 128 Å². The number of anilines is 1. The van der Waals surface area contributed by atoms with Crippen LogP contribution in [0.4, 0.5) is 5.69 Å². The summed E-state index contributed by atoms with van der Waals surface area (Å²) in [7, 11) is 0. The zero-order chi connectivity index (χ0) is 15.5. The van der Waals surface area contributed by atoms with E-state index in [1.54, 1.807) is 17.0 Å². The summed E-state index contributed by atoms with van der Waals surface area (Å²) in [5.41, 5.74) is 3.01. The van der Waals surface area contributed by atoms with E-state index >= 15 is 0 Å². The summed E-state index contributed by atoms with van der Waals surface area (Å²) in [6.07, 6.45) is 1.61. The Morgan fingerprint density at radius 2 is 2.14 bits per heavy atom. The van der Waals surface area contributed by atoms with Crippen molar-refractivity contribution >= 4 is 11.6 Å². The molecule has 0 saturated heterocycles. The lowest BCUT2D eigenvalue weighted by atomic mass is 10.2. The first kappa shape index (κ1) is 14.1. The van der Waals surface area contributed by atoms with E-state index in [-0.39, 0.29) is 5.91 Å². The molecule has 0 unspecified atom stereocenters. The van der Waals surface area contributed by atoms with Crippen molar-refractivity contribution in [2.45, 2.75) is 20.4 Å². The van der Waals surface area contributed by atoms with Gasteiger partial charge in [-0.3, -0.25) is 9.48 Å². The van der Waals surface area contributed by atoms with Gasteiger partial charge in [0.2, 0.25) is 0 Å². The van der Waals surface area contributed by atoms with Gasteiger partial charge in [0, 0.05) is 18.3 Å². The lowest BCUT2D eigenvalue weighted by Gasteiger charge is -2.03. The number of hydrogen-bond donors (Lipinski definition) is 1. The molecule has 5 heteroatoms. The van der Waals surface area contributed by atoms with E-state index in [4.69, 9.17) is 4.42 Å². The molecule has 0 spiro atoms. The first-order chi connectivity index (χ1) is 10.7. The van der Waals surface area contributed by atoms with Crippen LogP contribution in [-0.2, 0) is 6.54 Å². The van der Waals surface area contributed by atoms with E-state index in [9.17, 15) is 4.79 Å². The number of nitrogens with zero attached hydrogens (tertiary/aromatic N) is 2. The lowest BCUT2D eigenvalue weighted by Crippen LogP contribution is -2.13. The van der Waals surface area contributed by atoms with Gasteiger partial charge in [0.15, 0.2) is 11.5 Å². The molecular formula is C17H17N3O2. The third-order valence-electron chi connectivity index (χ3n) is 3.36. The average molecular weight is 295 g/mol. The molecule has 3 aromatic rings. The van der Waals surface area contributed by atoms with Gasteiger partial charge in [0.05, 0.1) is 6.26 Å². The molecule has 0 saturated carbocycles. The van der Waals surface area contributed by atoms with E-state index in [2.05, 4.69) is 10.4 Å². The minimum Gasteiger partial charge on any atom is -0.463 e. The zero-order valence-corrected chi connectivity index (χ0v) is 12.5. The van der Waals surface area contributed by atoms with E-state index < -0.39 is 0 Å². The van der Waals surface area contributed by atoms with Crippen molar-refractivity contribution in [1.29, 1.82) is 0 Å². The second-order valence-corrected chi connectivity index (χ2v) is 5.03. The number of furan rings is 1. The molecule has 0 aliphatic rings. The van der Waals surface area contributed by atoms with Crippen molar-refractivity contribution in [3.8, 4) is 11.5 Å². The summed E-state index contributed by atoms with van der Waals surface area (Å²) in [5, 5.41) is 7.21. The molecule has 112 valence electrons.